The second-order valence-electron chi connectivity index (χ2n) is 4.08. The molecule has 1 aliphatic rings. The fourth-order valence-corrected chi connectivity index (χ4v) is 3.37. The molecule has 0 atom stereocenters. The van der Waals surface area contributed by atoms with Gasteiger partial charge in [0.1, 0.15) is 0 Å². The minimum atomic E-state index is -0.982. The molecule has 5 heteroatoms. The summed E-state index contributed by atoms with van der Waals surface area (Å²) in [5.41, 5.74) is 0.140. The highest BCUT2D eigenvalue weighted by molar-refractivity contribution is 7.12. The Morgan fingerprint density at radius 1 is 1.44 bits per heavy atom. The smallest absolute Gasteiger partial charge is 0.355 e. The summed E-state index contributed by atoms with van der Waals surface area (Å²) in [5, 5.41) is 18.8. The number of rotatable bonds is 4. The van der Waals surface area contributed by atoms with Gasteiger partial charge in [-0.1, -0.05) is 12.8 Å². The highest BCUT2D eigenvalue weighted by Crippen LogP contribution is 2.37. The Hall–Kier alpha value is -0.940. The predicted octanol–water partition coefficient (Wildman–Crippen LogP) is 2.03. The first-order valence-corrected chi connectivity index (χ1v) is 6.37. The SMILES string of the molecule is O=C(O)c1nc(C2CCCC2)sc1CCO. The van der Waals surface area contributed by atoms with Crippen molar-refractivity contribution in [1.29, 1.82) is 0 Å². The maximum absolute atomic E-state index is 11.0. The predicted molar refractivity (Wildman–Crippen MR) is 61.1 cm³/mol. The number of aliphatic hydroxyl groups excluding tert-OH is 1. The van der Waals surface area contributed by atoms with E-state index in [-0.39, 0.29) is 12.3 Å². The number of aromatic carboxylic acids is 1. The molecule has 0 aliphatic heterocycles. The average Bonchev–Trinajstić information content (AvgIpc) is 2.83. The number of aromatic nitrogens is 1. The third-order valence-corrected chi connectivity index (χ3v) is 4.24. The second kappa shape index (κ2) is 4.93. The van der Waals surface area contributed by atoms with Crippen LogP contribution < -0.4 is 0 Å². The molecule has 0 amide bonds. The van der Waals surface area contributed by atoms with Crippen LogP contribution in [0.1, 0.15) is 52.0 Å². The standard InChI is InChI=1S/C11H15NO3S/c13-6-5-8-9(11(14)15)12-10(16-8)7-3-1-2-4-7/h7,13H,1-6H2,(H,14,15). The van der Waals surface area contributed by atoms with E-state index in [4.69, 9.17) is 10.2 Å². The summed E-state index contributed by atoms with van der Waals surface area (Å²) in [5.74, 6) is -0.542. The summed E-state index contributed by atoms with van der Waals surface area (Å²) in [4.78, 5) is 15.9. The Morgan fingerprint density at radius 2 is 2.12 bits per heavy atom. The number of nitrogens with zero attached hydrogens (tertiary/aromatic N) is 1. The summed E-state index contributed by atoms with van der Waals surface area (Å²) in [6, 6.07) is 0. The van der Waals surface area contributed by atoms with Gasteiger partial charge in [0.05, 0.1) is 5.01 Å². The third-order valence-electron chi connectivity index (χ3n) is 2.96. The molecular weight excluding hydrogens is 226 g/mol. The van der Waals surface area contributed by atoms with Gasteiger partial charge < -0.3 is 10.2 Å². The lowest BCUT2D eigenvalue weighted by Gasteiger charge is -2.02. The summed E-state index contributed by atoms with van der Waals surface area (Å²) >= 11 is 1.46. The van der Waals surface area contributed by atoms with E-state index in [1.165, 1.54) is 24.2 Å². The van der Waals surface area contributed by atoms with Crippen LogP contribution in [0.2, 0.25) is 0 Å². The molecule has 0 spiro atoms. The molecule has 1 aromatic heterocycles. The van der Waals surface area contributed by atoms with Gasteiger partial charge in [-0.3, -0.25) is 0 Å². The number of hydrogen-bond acceptors (Lipinski definition) is 4. The normalized spacial score (nSPS) is 16.8. The number of carboxylic acids is 1. The van der Waals surface area contributed by atoms with Gasteiger partial charge in [-0.15, -0.1) is 11.3 Å². The fraction of sp³-hybridized carbons (Fsp3) is 0.636. The van der Waals surface area contributed by atoms with Crippen molar-refractivity contribution in [3.8, 4) is 0 Å². The van der Waals surface area contributed by atoms with Crippen LogP contribution in [0.25, 0.3) is 0 Å². The van der Waals surface area contributed by atoms with E-state index in [1.807, 2.05) is 0 Å². The second-order valence-corrected chi connectivity index (χ2v) is 5.20. The van der Waals surface area contributed by atoms with Crippen molar-refractivity contribution in [2.75, 3.05) is 6.61 Å². The summed E-state index contributed by atoms with van der Waals surface area (Å²) < 4.78 is 0. The maximum Gasteiger partial charge on any atom is 0.355 e. The van der Waals surface area contributed by atoms with Crippen LogP contribution in [0.3, 0.4) is 0 Å². The minimum Gasteiger partial charge on any atom is -0.476 e. The molecule has 0 saturated heterocycles. The minimum absolute atomic E-state index is 0.0212. The highest BCUT2D eigenvalue weighted by atomic mass is 32.1. The molecule has 88 valence electrons. The summed E-state index contributed by atoms with van der Waals surface area (Å²) in [6.45, 7) is -0.0212. The number of thiazole rings is 1. The molecule has 0 aromatic carbocycles. The molecule has 0 unspecified atom stereocenters. The van der Waals surface area contributed by atoms with E-state index in [2.05, 4.69) is 4.98 Å². The van der Waals surface area contributed by atoms with Crippen molar-refractivity contribution in [3.63, 3.8) is 0 Å². The van der Waals surface area contributed by atoms with Crippen LogP contribution in [0.5, 0.6) is 0 Å². The Kier molecular flexibility index (Phi) is 3.56. The molecule has 0 radical (unpaired) electrons. The highest BCUT2D eigenvalue weighted by Gasteiger charge is 2.24. The zero-order valence-corrected chi connectivity index (χ0v) is 9.79. The van der Waals surface area contributed by atoms with Crippen LogP contribution in [0.15, 0.2) is 0 Å². The van der Waals surface area contributed by atoms with Gasteiger partial charge in [0.15, 0.2) is 5.69 Å². The molecule has 2 N–H and O–H groups in total. The zero-order chi connectivity index (χ0) is 11.5. The van der Waals surface area contributed by atoms with Crippen LogP contribution in [0, 0.1) is 0 Å². The van der Waals surface area contributed by atoms with E-state index >= 15 is 0 Å². The van der Waals surface area contributed by atoms with E-state index in [0.29, 0.717) is 17.2 Å². The molecular formula is C11H15NO3S. The molecule has 2 rings (SSSR count). The van der Waals surface area contributed by atoms with Crippen molar-refractivity contribution in [3.05, 3.63) is 15.6 Å². The summed E-state index contributed by atoms with van der Waals surface area (Å²) in [7, 11) is 0. The molecule has 1 aliphatic carbocycles. The number of carboxylic acid groups (broad SMARTS) is 1. The first-order chi connectivity index (χ1) is 7.72. The largest absolute Gasteiger partial charge is 0.476 e. The monoisotopic (exact) mass is 241 g/mol. The Balaban J connectivity index is 2.26. The topological polar surface area (TPSA) is 70.4 Å². The first kappa shape index (κ1) is 11.5. The fourth-order valence-electron chi connectivity index (χ4n) is 2.16. The summed E-state index contributed by atoms with van der Waals surface area (Å²) in [6.07, 6.45) is 5.05. The van der Waals surface area contributed by atoms with Crippen molar-refractivity contribution < 1.29 is 15.0 Å². The molecule has 1 heterocycles. The molecule has 1 saturated carbocycles. The van der Waals surface area contributed by atoms with Gasteiger partial charge in [-0.05, 0) is 12.8 Å². The Labute approximate surface area is 98.0 Å². The van der Waals surface area contributed by atoms with Crippen molar-refractivity contribution in [2.24, 2.45) is 0 Å². The van der Waals surface area contributed by atoms with Crippen LogP contribution in [-0.4, -0.2) is 27.8 Å². The quantitative estimate of drug-likeness (QED) is 0.846. The van der Waals surface area contributed by atoms with E-state index in [9.17, 15) is 4.79 Å². The molecule has 0 bridgehead atoms. The van der Waals surface area contributed by atoms with Crippen molar-refractivity contribution in [1.82, 2.24) is 4.98 Å². The lowest BCUT2D eigenvalue weighted by molar-refractivity contribution is 0.0689. The van der Waals surface area contributed by atoms with Crippen LogP contribution in [-0.2, 0) is 6.42 Å². The van der Waals surface area contributed by atoms with Crippen LogP contribution >= 0.6 is 11.3 Å². The van der Waals surface area contributed by atoms with Crippen molar-refractivity contribution >= 4 is 17.3 Å². The van der Waals surface area contributed by atoms with Crippen molar-refractivity contribution in [2.45, 2.75) is 38.0 Å². The lowest BCUT2D eigenvalue weighted by Crippen LogP contribution is -2.03. The molecule has 1 fully saturated rings. The van der Waals surface area contributed by atoms with E-state index < -0.39 is 5.97 Å². The number of aliphatic hydroxyl groups is 1. The number of hydrogen-bond donors (Lipinski definition) is 2. The van der Waals surface area contributed by atoms with Gasteiger partial charge in [-0.2, -0.15) is 0 Å². The lowest BCUT2D eigenvalue weighted by atomic mass is 10.1. The number of carbonyl (C=O) groups is 1. The first-order valence-electron chi connectivity index (χ1n) is 5.56. The molecule has 1 aromatic rings. The maximum atomic E-state index is 11.0. The van der Waals surface area contributed by atoms with Gasteiger partial charge in [-0.25, -0.2) is 9.78 Å². The van der Waals surface area contributed by atoms with E-state index in [1.54, 1.807) is 0 Å². The zero-order valence-electron chi connectivity index (χ0n) is 8.98. The molecule has 4 nitrogen and oxygen atoms in total. The van der Waals surface area contributed by atoms with Gasteiger partial charge >= 0.3 is 5.97 Å². The van der Waals surface area contributed by atoms with Gasteiger partial charge in [0.25, 0.3) is 0 Å². The van der Waals surface area contributed by atoms with Crippen LogP contribution in [0.4, 0.5) is 0 Å². The molecule has 16 heavy (non-hydrogen) atoms. The third kappa shape index (κ3) is 2.25. The van der Waals surface area contributed by atoms with E-state index in [0.717, 1.165) is 17.8 Å². The van der Waals surface area contributed by atoms with Gasteiger partial charge in [0, 0.05) is 23.8 Å². The van der Waals surface area contributed by atoms with Gasteiger partial charge in [0.2, 0.25) is 0 Å². The Morgan fingerprint density at radius 3 is 2.69 bits per heavy atom. The average molecular weight is 241 g/mol. The Bertz CT molecular complexity index is 383.